The van der Waals surface area contributed by atoms with E-state index in [1.807, 2.05) is 12.1 Å². The van der Waals surface area contributed by atoms with Crippen molar-refractivity contribution in [1.29, 1.82) is 0 Å². The minimum atomic E-state index is 0.263. The van der Waals surface area contributed by atoms with Gasteiger partial charge in [0.15, 0.2) is 0 Å². The Labute approximate surface area is 80.8 Å². The lowest BCUT2D eigenvalue weighted by Gasteiger charge is -1.99. The first-order valence-corrected chi connectivity index (χ1v) is 4.46. The fraction of sp³-hybridized carbons (Fsp3) is 0.100. The van der Waals surface area contributed by atoms with Crippen LogP contribution in [0.3, 0.4) is 0 Å². The van der Waals surface area contributed by atoms with Crippen molar-refractivity contribution in [2.45, 2.75) is 5.88 Å². The van der Waals surface area contributed by atoms with Gasteiger partial charge in [-0.3, -0.25) is 4.98 Å². The highest BCUT2D eigenvalue weighted by molar-refractivity contribution is 6.17. The summed E-state index contributed by atoms with van der Waals surface area (Å²) in [5, 5.41) is 11.2. The average Bonchev–Trinajstić information content (AvgIpc) is 2.16. The Morgan fingerprint density at radius 2 is 2.08 bits per heavy atom. The molecule has 0 saturated heterocycles. The van der Waals surface area contributed by atoms with Crippen LogP contribution in [0, 0.1) is 0 Å². The third-order valence-electron chi connectivity index (χ3n) is 1.90. The maximum Gasteiger partial charge on any atom is 0.116 e. The number of rotatable bonds is 1. The number of aromatic nitrogens is 1. The van der Waals surface area contributed by atoms with Crippen LogP contribution in [-0.4, -0.2) is 10.1 Å². The molecule has 2 rings (SSSR count). The van der Waals surface area contributed by atoms with Crippen molar-refractivity contribution in [2.24, 2.45) is 0 Å². The number of phenols is 1. The van der Waals surface area contributed by atoms with E-state index in [9.17, 15) is 5.11 Å². The predicted octanol–water partition coefficient (Wildman–Crippen LogP) is 2.68. The zero-order valence-corrected chi connectivity index (χ0v) is 7.62. The first kappa shape index (κ1) is 8.32. The van der Waals surface area contributed by atoms with Gasteiger partial charge >= 0.3 is 0 Å². The Hall–Kier alpha value is -1.28. The standard InChI is InChI=1S/C10H8ClNO/c11-5-9-3-8-4-10(13)2-1-7(8)6-12-9/h1-4,6,13H,5H2. The van der Waals surface area contributed by atoms with Crippen LogP contribution in [0.5, 0.6) is 5.75 Å². The van der Waals surface area contributed by atoms with Gasteiger partial charge in [0.25, 0.3) is 0 Å². The van der Waals surface area contributed by atoms with Crippen LogP contribution in [0.25, 0.3) is 10.8 Å². The van der Waals surface area contributed by atoms with Crippen molar-refractivity contribution in [1.82, 2.24) is 4.98 Å². The van der Waals surface area contributed by atoms with Gasteiger partial charge in [-0.2, -0.15) is 0 Å². The lowest BCUT2D eigenvalue weighted by Crippen LogP contribution is -1.84. The molecule has 0 aliphatic rings. The van der Waals surface area contributed by atoms with Crippen molar-refractivity contribution >= 4 is 22.4 Å². The normalized spacial score (nSPS) is 10.5. The number of alkyl halides is 1. The van der Waals surface area contributed by atoms with Crippen LogP contribution < -0.4 is 0 Å². The Balaban J connectivity index is 2.68. The van der Waals surface area contributed by atoms with E-state index < -0.39 is 0 Å². The summed E-state index contributed by atoms with van der Waals surface area (Å²) >= 11 is 5.64. The van der Waals surface area contributed by atoms with E-state index in [0.717, 1.165) is 16.5 Å². The number of benzene rings is 1. The van der Waals surface area contributed by atoms with E-state index in [-0.39, 0.29) is 5.75 Å². The number of hydrogen-bond donors (Lipinski definition) is 1. The largest absolute Gasteiger partial charge is 0.508 e. The Kier molecular flexibility index (Phi) is 2.07. The SMILES string of the molecule is Oc1ccc2cnc(CCl)cc2c1. The molecule has 0 bridgehead atoms. The molecule has 0 aliphatic heterocycles. The lowest BCUT2D eigenvalue weighted by atomic mass is 10.1. The molecule has 0 fully saturated rings. The fourth-order valence-corrected chi connectivity index (χ4v) is 1.39. The van der Waals surface area contributed by atoms with Gasteiger partial charge in [0.2, 0.25) is 0 Å². The summed E-state index contributed by atoms with van der Waals surface area (Å²) in [7, 11) is 0. The van der Waals surface area contributed by atoms with Crippen molar-refractivity contribution in [3.05, 3.63) is 36.2 Å². The van der Waals surface area contributed by atoms with E-state index in [1.165, 1.54) is 0 Å². The molecule has 0 aliphatic carbocycles. The number of fused-ring (bicyclic) bond motifs is 1. The fourth-order valence-electron chi connectivity index (χ4n) is 1.25. The molecule has 1 aromatic carbocycles. The molecule has 1 N–H and O–H groups in total. The van der Waals surface area contributed by atoms with E-state index in [0.29, 0.717) is 5.88 Å². The molecule has 0 atom stereocenters. The summed E-state index contributed by atoms with van der Waals surface area (Å²) in [6.07, 6.45) is 1.76. The molecule has 2 aromatic rings. The average molecular weight is 194 g/mol. The second kappa shape index (κ2) is 3.23. The molecule has 2 nitrogen and oxygen atoms in total. The van der Waals surface area contributed by atoms with E-state index in [4.69, 9.17) is 11.6 Å². The maximum absolute atomic E-state index is 9.24. The van der Waals surface area contributed by atoms with Gasteiger partial charge in [-0.05, 0) is 29.7 Å². The number of hydrogen-bond acceptors (Lipinski definition) is 2. The number of aromatic hydroxyl groups is 1. The van der Waals surface area contributed by atoms with Gasteiger partial charge < -0.3 is 5.11 Å². The quantitative estimate of drug-likeness (QED) is 0.707. The van der Waals surface area contributed by atoms with Crippen LogP contribution in [-0.2, 0) is 5.88 Å². The maximum atomic E-state index is 9.24. The molecule has 3 heteroatoms. The summed E-state index contributed by atoms with van der Waals surface area (Å²) in [4.78, 5) is 4.14. The molecule has 1 aromatic heterocycles. The minimum absolute atomic E-state index is 0.263. The van der Waals surface area contributed by atoms with Crippen LogP contribution in [0.4, 0.5) is 0 Å². The Morgan fingerprint density at radius 1 is 1.23 bits per heavy atom. The monoisotopic (exact) mass is 193 g/mol. The molecule has 0 radical (unpaired) electrons. The molecule has 0 amide bonds. The van der Waals surface area contributed by atoms with Gasteiger partial charge in [0.05, 0.1) is 11.6 Å². The Bertz CT molecular complexity index is 442. The summed E-state index contributed by atoms with van der Waals surface area (Å²) in [5.41, 5.74) is 0.819. The summed E-state index contributed by atoms with van der Waals surface area (Å²) in [5.74, 6) is 0.658. The number of phenolic OH excluding ortho intramolecular Hbond substituents is 1. The molecule has 0 unspecified atom stereocenters. The first-order chi connectivity index (χ1) is 6.29. The molecule has 66 valence electrons. The molecule has 0 spiro atoms. The number of nitrogens with zero attached hydrogens (tertiary/aromatic N) is 1. The number of pyridine rings is 1. The van der Waals surface area contributed by atoms with E-state index >= 15 is 0 Å². The van der Waals surface area contributed by atoms with Crippen LogP contribution in [0.2, 0.25) is 0 Å². The minimum Gasteiger partial charge on any atom is -0.508 e. The van der Waals surface area contributed by atoms with Crippen LogP contribution in [0.1, 0.15) is 5.69 Å². The zero-order chi connectivity index (χ0) is 9.26. The molecule has 0 saturated carbocycles. The van der Waals surface area contributed by atoms with Crippen molar-refractivity contribution in [2.75, 3.05) is 0 Å². The molecule has 13 heavy (non-hydrogen) atoms. The van der Waals surface area contributed by atoms with Gasteiger partial charge in [-0.15, -0.1) is 11.6 Å². The van der Waals surface area contributed by atoms with Crippen LogP contribution >= 0.6 is 11.6 Å². The topological polar surface area (TPSA) is 33.1 Å². The summed E-state index contributed by atoms with van der Waals surface area (Å²) in [6, 6.07) is 7.05. The van der Waals surface area contributed by atoms with Gasteiger partial charge in [0, 0.05) is 11.6 Å². The van der Waals surface area contributed by atoms with Gasteiger partial charge in [-0.1, -0.05) is 0 Å². The summed E-state index contributed by atoms with van der Waals surface area (Å²) < 4.78 is 0. The highest BCUT2D eigenvalue weighted by Crippen LogP contribution is 2.20. The van der Waals surface area contributed by atoms with Crippen molar-refractivity contribution < 1.29 is 5.11 Å². The molecular weight excluding hydrogens is 186 g/mol. The third-order valence-corrected chi connectivity index (χ3v) is 2.17. The highest BCUT2D eigenvalue weighted by Gasteiger charge is 1.97. The molecular formula is C10H8ClNO. The third kappa shape index (κ3) is 1.58. The van der Waals surface area contributed by atoms with E-state index in [1.54, 1.807) is 18.3 Å². The smallest absolute Gasteiger partial charge is 0.116 e. The predicted molar refractivity (Wildman–Crippen MR) is 53.0 cm³/mol. The lowest BCUT2D eigenvalue weighted by molar-refractivity contribution is 0.476. The molecule has 1 heterocycles. The second-order valence-corrected chi connectivity index (χ2v) is 3.11. The van der Waals surface area contributed by atoms with Gasteiger partial charge in [-0.25, -0.2) is 0 Å². The van der Waals surface area contributed by atoms with Crippen molar-refractivity contribution in [3.63, 3.8) is 0 Å². The second-order valence-electron chi connectivity index (χ2n) is 2.84. The van der Waals surface area contributed by atoms with E-state index in [2.05, 4.69) is 4.98 Å². The zero-order valence-electron chi connectivity index (χ0n) is 6.87. The Morgan fingerprint density at radius 3 is 2.85 bits per heavy atom. The summed E-state index contributed by atoms with van der Waals surface area (Å²) in [6.45, 7) is 0. The van der Waals surface area contributed by atoms with Gasteiger partial charge in [0.1, 0.15) is 5.75 Å². The van der Waals surface area contributed by atoms with Crippen LogP contribution in [0.15, 0.2) is 30.5 Å². The van der Waals surface area contributed by atoms with Crippen molar-refractivity contribution in [3.8, 4) is 5.75 Å². The number of halogens is 1. The first-order valence-electron chi connectivity index (χ1n) is 3.93. The highest BCUT2D eigenvalue weighted by atomic mass is 35.5.